The Morgan fingerprint density at radius 3 is 2.76 bits per heavy atom. The number of benzene rings is 1. The van der Waals surface area contributed by atoms with Crippen molar-refractivity contribution in [3.05, 3.63) is 65.6 Å². The predicted molar refractivity (Wildman–Crippen MR) is 116 cm³/mol. The van der Waals surface area contributed by atoms with E-state index >= 15 is 0 Å². The molecule has 1 amide bonds. The van der Waals surface area contributed by atoms with Crippen LogP contribution in [0.1, 0.15) is 34.5 Å². The average molecular weight is 389 g/mol. The third-order valence-electron chi connectivity index (χ3n) is 4.51. The number of carbonyl (C=O) groups is 1. The Balaban J connectivity index is 1.78. The monoisotopic (exact) mass is 389 g/mol. The van der Waals surface area contributed by atoms with E-state index in [1.165, 1.54) is 12.5 Å². The van der Waals surface area contributed by atoms with Gasteiger partial charge in [0.2, 0.25) is 0 Å². The van der Waals surface area contributed by atoms with Gasteiger partial charge in [0.05, 0.1) is 6.34 Å². The van der Waals surface area contributed by atoms with Gasteiger partial charge in [-0.1, -0.05) is 12.1 Å². The van der Waals surface area contributed by atoms with Gasteiger partial charge in [0.1, 0.15) is 11.5 Å². The minimum atomic E-state index is -0.369. The van der Waals surface area contributed by atoms with Gasteiger partial charge in [0.15, 0.2) is 0 Å². The molecule has 1 fully saturated rings. The molecular weight excluding hydrogens is 366 g/mol. The zero-order chi connectivity index (χ0) is 20.8. The van der Waals surface area contributed by atoms with Crippen molar-refractivity contribution in [3.8, 4) is 0 Å². The second kappa shape index (κ2) is 8.92. The summed E-state index contributed by atoms with van der Waals surface area (Å²) >= 11 is 0. The van der Waals surface area contributed by atoms with Gasteiger partial charge in [0.25, 0.3) is 5.91 Å². The number of allylic oxidation sites excluding steroid dienone is 1. The number of aliphatic imine (C=N–C) groups is 1. The van der Waals surface area contributed by atoms with Crippen molar-refractivity contribution in [3.63, 3.8) is 0 Å². The molecule has 0 aliphatic heterocycles. The summed E-state index contributed by atoms with van der Waals surface area (Å²) in [7, 11) is 1.64. The highest BCUT2D eigenvalue weighted by atomic mass is 16.1. The maximum absolute atomic E-state index is 12.7. The Hall–Kier alpha value is -3.81. The highest BCUT2D eigenvalue weighted by Gasteiger charge is 2.30. The highest BCUT2D eigenvalue weighted by molar-refractivity contribution is 6.11. The molecular formula is C21H23N7O. The maximum Gasteiger partial charge on any atom is 0.274 e. The van der Waals surface area contributed by atoms with Crippen LogP contribution in [0.25, 0.3) is 5.57 Å². The van der Waals surface area contributed by atoms with E-state index in [0.29, 0.717) is 16.8 Å². The van der Waals surface area contributed by atoms with Crippen molar-refractivity contribution < 1.29 is 4.79 Å². The molecule has 1 aromatic heterocycles. The molecule has 0 bridgehead atoms. The van der Waals surface area contributed by atoms with E-state index < -0.39 is 0 Å². The van der Waals surface area contributed by atoms with Crippen molar-refractivity contribution in [2.75, 3.05) is 12.4 Å². The Kier molecular flexibility index (Phi) is 6.13. The van der Waals surface area contributed by atoms with Gasteiger partial charge in [-0.25, -0.2) is 0 Å². The summed E-state index contributed by atoms with van der Waals surface area (Å²) in [6.45, 7) is 0. The molecule has 3 rings (SSSR count). The van der Waals surface area contributed by atoms with E-state index in [4.69, 9.17) is 16.6 Å². The standard InChI is InChI=1S/C21H23N7O/c1-25-12-16(11-22)14-7-8-26-19(10-14)21(29)27-17-4-2-3-15(9-17)20(24)28(13-23)18-5-6-18/h2-4,7-13,18,23-24H,5-6,22H2,1H3,(H,27,29). The fraction of sp³-hybridized carbons (Fsp3) is 0.190. The summed E-state index contributed by atoms with van der Waals surface area (Å²) in [6, 6.07) is 10.6. The van der Waals surface area contributed by atoms with Gasteiger partial charge in [0, 0.05) is 48.5 Å². The Morgan fingerprint density at radius 2 is 2.10 bits per heavy atom. The number of amidine groups is 1. The summed E-state index contributed by atoms with van der Waals surface area (Å²) in [5.41, 5.74) is 8.48. The second-order valence-corrected chi connectivity index (χ2v) is 6.59. The summed E-state index contributed by atoms with van der Waals surface area (Å²) in [5.74, 6) is -0.123. The number of amides is 1. The number of carbonyl (C=O) groups excluding carboxylic acids is 1. The van der Waals surface area contributed by atoms with Crippen LogP contribution in [0.3, 0.4) is 0 Å². The number of hydrogen-bond donors (Lipinski definition) is 4. The molecule has 8 heteroatoms. The molecule has 1 saturated carbocycles. The van der Waals surface area contributed by atoms with Crippen LogP contribution in [0.5, 0.6) is 0 Å². The van der Waals surface area contributed by atoms with Crippen LogP contribution >= 0.6 is 0 Å². The van der Waals surface area contributed by atoms with Gasteiger partial charge in [-0.2, -0.15) is 0 Å². The lowest BCUT2D eigenvalue weighted by atomic mass is 10.1. The lowest BCUT2D eigenvalue weighted by Crippen LogP contribution is -2.31. The Bertz CT molecular complexity index is 992. The maximum atomic E-state index is 12.7. The molecule has 0 atom stereocenters. The van der Waals surface area contributed by atoms with Gasteiger partial charge >= 0.3 is 0 Å². The summed E-state index contributed by atoms with van der Waals surface area (Å²) in [5, 5.41) is 18.7. The molecule has 1 heterocycles. The van der Waals surface area contributed by atoms with Crippen molar-refractivity contribution in [1.29, 1.82) is 10.8 Å². The third kappa shape index (κ3) is 4.73. The number of nitrogens with two attached hydrogens (primary N) is 1. The molecule has 0 radical (unpaired) electrons. The largest absolute Gasteiger partial charge is 0.404 e. The molecule has 0 spiro atoms. The molecule has 1 aromatic carbocycles. The second-order valence-electron chi connectivity index (χ2n) is 6.59. The van der Waals surface area contributed by atoms with Crippen molar-refractivity contribution in [1.82, 2.24) is 9.88 Å². The highest BCUT2D eigenvalue weighted by Crippen LogP contribution is 2.27. The molecule has 148 valence electrons. The smallest absolute Gasteiger partial charge is 0.274 e. The molecule has 2 aromatic rings. The number of pyridine rings is 1. The first-order chi connectivity index (χ1) is 14.1. The van der Waals surface area contributed by atoms with Crippen molar-refractivity contribution >= 4 is 35.6 Å². The lowest BCUT2D eigenvalue weighted by molar-refractivity contribution is 0.102. The number of hydrogen-bond acceptors (Lipinski definition) is 6. The van der Waals surface area contributed by atoms with Crippen LogP contribution in [-0.2, 0) is 0 Å². The first kappa shape index (κ1) is 19.9. The van der Waals surface area contributed by atoms with Crippen LogP contribution in [0.15, 0.2) is 53.8 Å². The predicted octanol–water partition coefficient (Wildman–Crippen LogP) is 2.73. The molecule has 1 aliphatic carbocycles. The number of aromatic nitrogens is 1. The first-order valence-corrected chi connectivity index (χ1v) is 9.17. The molecule has 29 heavy (non-hydrogen) atoms. The van der Waals surface area contributed by atoms with Gasteiger partial charge in [-0.3, -0.25) is 25.6 Å². The minimum absolute atomic E-state index is 0.224. The molecule has 0 saturated heterocycles. The molecule has 0 unspecified atom stereocenters. The number of nitrogens with zero attached hydrogens (tertiary/aromatic N) is 3. The van der Waals surface area contributed by atoms with E-state index in [1.807, 2.05) is 0 Å². The third-order valence-corrected chi connectivity index (χ3v) is 4.51. The van der Waals surface area contributed by atoms with E-state index in [-0.39, 0.29) is 23.5 Å². The molecule has 8 nitrogen and oxygen atoms in total. The normalized spacial score (nSPS) is 13.9. The van der Waals surface area contributed by atoms with Gasteiger partial charge in [-0.15, -0.1) is 0 Å². The molecule has 5 N–H and O–H groups in total. The van der Waals surface area contributed by atoms with E-state index in [2.05, 4.69) is 15.3 Å². The summed E-state index contributed by atoms with van der Waals surface area (Å²) < 4.78 is 0. The van der Waals surface area contributed by atoms with E-state index in [0.717, 1.165) is 18.4 Å². The summed E-state index contributed by atoms with van der Waals surface area (Å²) in [6.07, 6.45) is 7.73. The van der Waals surface area contributed by atoms with Crippen LogP contribution in [-0.4, -0.2) is 47.3 Å². The lowest BCUT2D eigenvalue weighted by Gasteiger charge is -2.19. The minimum Gasteiger partial charge on any atom is -0.404 e. The number of nitrogens with one attached hydrogen (secondary N) is 3. The van der Waals surface area contributed by atoms with E-state index in [9.17, 15) is 4.79 Å². The topological polar surface area (TPSA) is 131 Å². The van der Waals surface area contributed by atoms with Crippen LogP contribution < -0.4 is 11.1 Å². The fourth-order valence-corrected chi connectivity index (χ4v) is 2.88. The van der Waals surface area contributed by atoms with Crippen molar-refractivity contribution in [2.24, 2.45) is 10.7 Å². The SMILES string of the molecule is CN=CC(=CN)c1ccnc(C(=O)Nc2cccc(C(=N)N(C=N)C3CC3)c2)c1. The van der Waals surface area contributed by atoms with Crippen LogP contribution in [0.4, 0.5) is 5.69 Å². The van der Waals surface area contributed by atoms with Crippen molar-refractivity contribution in [2.45, 2.75) is 18.9 Å². The zero-order valence-corrected chi connectivity index (χ0v) is 16.1. The quantitative estimate of drug-likeness (QED) is 0.428. The fourth-order valence-electron chi connectivity index (χ4n) is 2.88. The Morgan fingerprint density at radius 1 is 1.31 bits per heavy atom. The van der Waals surface area contributed by atoms with E-state index in [1.54, 1.807) is 60.8 Å². The Labute approximate surface area is 169 Å². The number of rotatable bonds is 7. The van der Waals surface area contributed by atoms with Gasteiger partial charge < -0.3 is 16.0 Å². The average Bonchev–Trinajstić information content (AvgIpc) is 3.58. The summed E-state index contributed by atoms with van der Waals surface area (Å²) in [4.78, 5) is 22.4. The number of anilines is 1. The van der Waals surface area contributed by atoms with Crippen LogP contribution in [0.2, 0.25) is 0 Å². The van der Waals surface area contributed by atoms with Gasteiger partial charge in [-0.05, 0) is 42.7 Å². The molecule has 1 aliphatic rings. The van der Waals surface area contributed by atoms with Crippen LogP contribution in [0, 0.1) is 10.8 Å². The zero-order valence-electron chi connectivity index (χ0n) is 16.1. The first-order valence-electron chi connectivity index (χ1n) is 9.17.